The van der Waals surface area contributed by atoms with Crippen molar-refractivity contribution in [1.82, 2.24) is 0 Å². The third kappa shape index (κ3) is 5.85. The number of benzene rings is 2. The van der Waals surface area contributed by atoms with Crippen molar-refractivity contribution in [2.75, 3.05) is 30.0 Å². The Morgan fingerprint density at radius 1 is 1.14 bits per heavy atom. The van der Waals surface area contributed by atoms with Crippen LogP contribution in [-0.2, 0) is 19.6 Å². The monoisotopic (exact) mass is 440 g/mol. The number of hydrogen-bond donors (Lipinski definition) is 1. The van der Waals surface area contributed by atoms with Crippen molar-refractivity contribution in [3.8, 4) is 5.75 Å². The first kappa shape index (κ1) is 22.5. The molecule has 0 heterocycles. The molecule has 1 N–H and O–H groups in total. The zero-order chi connectivity index (χ0) is 21.8. The summed E-state index contributed by atoms with van der Waals surface area (Å²) >= 11 is 5.96. The molecule has 0 bridgehead atoms. The average Bonchev–Trinajstić information content (AvgIpc) is 2.68. The minimum absolute atomic E-state index is 0.131. The lowest BCUT2D eigenvalue weighted by Gasteiger charge is -2.18. The van der Waals surface area contributed by atoms with E-state index in [1.165, 1.54) is 26.3 Å². The Morgan fingerprint density at radius 3 is 2.31 bits per heavy atom. The smallest absolute Gasteiger partial charge is 0.339 e. The summed E-state index contributed by atoms with van der Waals surface area (Å²) in [5, 5.41) is 2.85. The van der Waals surface area contributed by atoms with Crippen LogP contribution in [0.4, 0.5) is 11.4 Å². The van der Waals surface area contributed by atoms with E-state index in [1.807, 2.05) is 0 Å². The highest BCUT2D eigenvalue weighted by Gasteiger charge is 2.18. The lowest BCUT2D eigenvalue weighted by molar-refractivity contribution is -0.122. The standard InChI is InChI=1S/C19H21ClN2O6S/c1-12(28-15-8-6-14(7-9-15)22(2)29(4,25)26)18(23)21-13-5-10-17(20)16(11-13)19(24)27-3/h5-12H,1-4H3,(H,21,23)/t12-/m1/s1. The molecule has 0 aliphatic carbocycles. The Labute approximate surface area is 174 Å². The summed E-state index contributed by atoms with van der Waals surface area (Å²) in [5.41, 5.74) is 0.958. The minimum atomic E-state index is -3.37. The molecule has 2 aromatic carbocycles. The van der Waals surface area contributed by atoms with Gasteiger partial charge in [0.15, 0.2) is 6.10 Å². The number of nitrogens with one attached hydrogen (secondary N) is 1. The van der Waals surface area contributed by atoms with Crippen LogP contribution >= 0.6 is 11.6 Å². The number of methoxy groups -OCH3 is 1. The lowest BCUT2D eigenvalue weighted by Crippen LogP contribution is -2.30. The van der Waals surface area contributed by atoms with Crippen molar-refractivity contribution < 1.29 is 27.5 Å². The van der Waals surface area contributed by atoms with Crippen LogP contribution in [0.25, 0.3) is 0 Å². The van der Waals surface area contributed by atoms with E-state index in [2.05, 4.69) is 10.1 Å². The van der Waals surface area contributed by atoms with E-state index in [9.17, 15) is 18.0 Å². The van der Waals surface area contributed by atoms with E-state index in [4.69, 9.17) is 16.3 Å². The summed E-state index contributed by atoms with van der Waals surface area (Å²) in [6.45, 7) is 1.56. The fraction of sp³-hybridized carbons (Fsp3) is 0.263. The Balaban J connectivity index is 2.05. The summed E-state index contributed by atoms with van der Waals surface area (Å²) in [5.74, 6) is -0.667. The van der Waals surface area contributed by atoms with Crippen LogP contribution < -0.4 is 14.4 Å². The molecular formula is C19H21ClN2O6S. The molecule has 0 saturated carbocycles. The van der Waals surface area contributed by atoms with Crippen molar-refractivity contribution in [3.63, 3.8) is 0 Å². The average molecular weight is 441 g/mol. The zero-order valence-corrected chi connectivity index (χ0v) is 17.9. The van der Waals surface area contributed by atoms with E-state index in [-0.39, 0.29) is 10.6 Å². The quantitative estimate of drug-likeness (QED) is 0.664. The first-order valence-electron chi connectivity index (χ1n) is 8.42. The Bertz CT molecular complexity index is 1010. The molecule has 0 spiro atoms. The van der Waals surface area contributed by atoms with Gasteiger partial charge in [-0.15, -0.1) is 0 Å². The lowest BCUT2D eigenvalue weighted by atomic mass is 10.2. The fourth-order valence-electron chi connectivity index (χ4n) is 2.30. The Hall–Kier alpha value is -2.78. The molecule has 0 aliphatic heterocycles. The molecule has 0 unspecified atom stereocenters. The summed E-state index contributed by atoms with van der Waals surface area (Å²) in [6, 6.07) is 10.7. The highest BCUT2D eigenvalue weighted by atomic mass is 35.5. The van der Waals surface area contributed by atoms with Crippen LogP contribution in [0, 0.1) is 0 Å². The van der Waals surface area contributed by atoms with Crippen LogP contribution in [0.5, 0.6) is 5.75 Å². The van der Waals surface area contributed by atoms with Crippen LogP contribution in [-0.4, -0.2) is 46.8 Å². The van der Waals surface area contributed by atoms with E-state index in [1.54, 1.807) is 37.3 Å². The largest absolute Gasteiger partial charge is 0.481 e. The number of ether oxygens (including phenoxy) is 2. The predicted molar refractivity (Wildman–Crippen MR) is 111 cm³/mol. The molecule has 0 saturated heterocycles. The second-order valence-electron chi connectivity index (χ2n) is 6.16. The number of nitrogens with zero attached hydrogens (tertiary/aromatic N) is 1. The molecule has 2 aromatic rings. The molecule has 2 rings (SSSR count). The molecule has 1 atom stereocenters. The number of rotatable bonds is 7. The van der Waals surface area contributed by atoms with Crippen LogP contribution in [0.2, 0.25) is 5.02 Å². The minimum Gasteiger partial charge on any atom is -0.481 e. The van der Waals surface area contributed by atoms with Gasteiger partial charge in [-0.3, -0.25) is 9.10 Å². The molecule has 1 amide bonds. The number of hydrogen-bond acceptors (Lipinski definition) is 6. The second kappa shape index (κ2) is 9.15. The summed E-state index contributed by atoms with van der Waals surface area (Å²) in [4.78, 5) is 24.1. The highest BCUT2D eigenvalue weighted by molar-refractivity contribution is 7.92. The van der Waals surface area contributed by atoms with Crippen molar-refractivity contribution in [2.45, 2.75) is 13.0 Å². The van der Waals surface area contributed by atoms with Crippen molar-refractivity contribution >= 4 is 44.9 Å². The van der Waals surface area contributed by atoms with Gasteiger partial charge in [0.25, 0.3) is 5.91 Å². The van der Waals surface area contributed by atoms with E-state index in [0.29, 0.717) is 17.1 Å². The van der Waals surface area contributed by atoms with Gasteiger partial charge in [-0.05, 0) is 49.4 Å². The zero-order valence-electron chi connectivity index (χ0n) is 16.3. The molecule has 156 valence electrons. The SMILES string of the molecule is COC(=O)c1cc(NC(=O)[C@@H](C)Oc2ccc(N(C)S(C)(=O)=O)cc2)ccc1Cl. The fourth-order valence-corrected chi connectivity index (χ4v) is 3.00. The van der Waals surface area contributed by atoms with Gasteiger partial charge >= 0.3 is 5.97 Å². The number of halogens is 1. The van der Waals surface area contributed by atoms with Gasteiger partial charge < -0.3 is 14.8 Å². The molecule has 0 radical (unpaired) electrons. The molecule has 8 nitrogen and oxygen atoms in total. The number of carbonyl (C=O) groups is 2. The molecule has 29 heavy (non-hydrogen) atoms. The number of carbonyl (C=O) groups excluding carboxylic acids is 2. The number of anilines is 2. The van der Waals surface area contributed by atoms with Gasteiger partial charge in [-0.1, -0.05) is 11.6 Å². The van der Waals surface area contributed by atoms with Crippen LogP contribution in [0.1, 0.15) is 17.3 Å². The van der Waals surface area contributed by atoms with Gasteiger partial charge in [0, 0.05) is 12.7 Å². The third-order valence-corrected chi connectivity index (χ3v) is 5.55. The topological polar surface area (TPSA) is 102 Å². The Morgan fingerprint density at radius 2 is 1.76 bits per heavy atom. The van der Waals surface area contributed by atoms with Crippen LogP contribution in [0.15, 0.2) is 42.5 Å². The Kier molecular flexibility index (Phi) is 7.10. The van der Waals surface area contributed by atoms with E-state index < -0.39 is 28.0 Å². The second-order valence-corrected chi connectivity index (χ2v) is 8.58. The van der Waals surface area contributed by atoms with Crippen LogP contribution in [0.3, 0.4) is 0 Å². The van der Waals surface area contributed by atoms with E-state index in [0.717, 1.165) is 10.6 Å². The van der Waals surface area contributed by atoms with Gasteiger partial charge in [0.05, 0.1) is 29.6 Å². The van der Waals surface area contributed by atoms with Crippen molar-refractivity contribution in [2.24, 2.45) is 0 Å². The maximum absolute atomic E-state index is 12.4. The maximum Gasteiger partial charge on any atom is 0.339 e. The summed E-state index contributed by atoms with van der Waals surface area (Å²) < 4.78 is 34.5. The molecule has 0 aliphatic rings. The van der Waals surface area contributed by atoms with Gasteiger partial charge in [0.2, 0.25) is 10.0 Å². The first-order valence-corrected chi connectivity index (χ1v) is 10.6. The van der Waals surface area contributed by atoms with Gasteiger partial charge in [0.1, 0.15) is 5.75 Å². The normalized spacial score (nSPS) is 12.0. The highest BCUT2D eigenvalue weighted by Crippen LogP contribution is 2.23. The number of esters is 1. The van der Waals surface area contributed by atoms with Crippen molar-refractivity contribution in [1.29, 1.82) is 0 Å². The molecular weight excluding hydrogens is 420 g/mol. The maximum atomic E-state index is 12.4. The van der Waals surface area contributed by atoms with Gasteiger partial charge in [-0.2, -0.15) is 0 Å². The molecule has 0 aromatic heterocycles. The summed E-state index contributed by atoms with van der Waals surface area (Å²) in [6.07, 6.45) is 0.248. The predicted octanol–water partition coefficient (Wildman–Crippen LogP) is 2.93. The number of sulfonamides is 1. The van der Waals surface area contributed by atoms with E-state index >= 15 is 0 Å². The van der Waals surface area contributed by atoms with Crippen molar-refractivity contribution in [3.05, 3.63) is 53.1 Å². The number of amides is 1. The third-order valence-electron chi connectivity index (χ3n) is 4.02. The molecule has 10 heteroatoms. The first-order chi connectivity index (χ1) is 13.5. The van der Waals surface area contributed by atoms with Gasteiger partial charge in [-0.25, -0.2) is 13.2 Å². The molecule has 0 fully saturated rings. The summed E-state index contributed by atoms with van der Waals surface area (Å²) in [7, 11) is -0.693.